The van der Waals surface area contributed by atoms with Crippen molar-refractivity contribution >= 4 is 29.1 Å². The van der Waals surface area contributed by atoms with Crippen LogP contribution in [0, 0.1) is 6.92 Å². The zero-order chi connectivity index (χ0) is 21.7. The van der Waals surface area contributed by atoms with Crippen molar-refractivity contribution in [2.75, 3.05) is 0 Å². The highest BCUT2D eigenvalue weighted by molar-refractivity contribution is 6.31. The van der Waals surface area contributed by atoms with Gasteiger partial charge in [-0.25, -0.2) is 0 Å². The van der Waals surface area contributed by atoms with E-state index in [-0.39, 0.29) is 17.9 Å². The topological polar surface area (TPSA) is 62.3 Å². The molecule has 0 saturated carbocycles. The maximum Gasteiger partial charge on any atom is 0.262 e. The summed E-state index contributed by atoms with van der Waals surface area (Å²) in [5, 5.41) is 4.22. The molecular formula is C25H20ClN3O2. The average molecular weight is 430 g/mol. The molecule has 1 aromatic heterocycles. The van der Waals surface area contributed by atoms with Gasteiger partial charge in [-0.2, -0.15) is 0 Å². The van der Waals surface area contributed by atoms with Gasteiger partial charge in [0, 0.05) is 28.2 Å². The molecule has 5 nitrogen and oxygen atoms in total. The van der Waals surface area contributed by atoms with Crippen LogP contribution in [0.15, 0.2) is 83.1 Å². The monoisotopic (exact) mass is 429 g/mol. The SMILES string of the molecule is Cc1ncccc1C1=C(C(C)N2C(=O)c3ccccc3C2=O)C=C2C=CC=C(Cl)C2N1. The molecule has 0 fully saturated rings. The van der Waals surface area contributed by atoms with Crippen LogP contribution in [0.5, 0.6) is 0 Å². The molecule has 6 heteroatoms. The van der Waals surface area contributed by atoms with Crippen LogP contribution < -0.4 is 5.32 Å². The van der Waals surface area contributed by atoms with E-state index in [0.717, 1.165) is 28.1 Å². The van der Waals surface area contributed by atoms with Gasteiger partial charge in [-0.1, -0.05) is 35.9 Å². The van der Waals surface area contributed by atoms with Crippen LogP contribution in [0.1, 0.15) is 38.9 Å². The first-order chi connectivity index (χ1) is 15.0. The Morgan fingerprint density at radius 2 is 1.74 bits per heavy atom. The van der Waals surface area contributed by atoms with E-state index in [1.54, 1.807) is 30.5 Å². The van der Waals surface area contributed by atoms with Crippen molar-refractivity contribution in [3.05, 3.63) is 105 Å². The second kappa shape index (κ2) is 7.36. The molecule has 3 aliphatic rings. The molecule has 31 heavy (non-hydrogen) atoms. The number of aromatic nitrogens is 1. The molecule has 2 aliphatic heterocycles. The van der Waals surface area contributed by atoms with E-state index in [1.165, 1.54) is 4.90 Å². The van der Waals surface area contributed by atoms with Gasteiger partial charge in [0.2, 0.25) is 0 Å². The number of allylic oxidation sites excluding steroid dienone is 2. The van der Waals surface area contributed by atoms with Gasteiger partial charge in [0.1, 0.15) is 0 Å². The van der Waals surface area contributed by atoms with E-state index in [1.807, 2.05) is 50.3 Å². The molecule has 1 aliphatic carbocycles. The zero-order valence-electron chi connectivity index (χ0n) is 17.1. The fourth-order valence-corrected chi connectivity index (χ4v) is 4.63. The molecule has 2 amide bonds. The molecule has 2 atom stereocenters. The Morgan fingerprint density at radius 3 is 2.42 bits per heavy atom. The van der Waals surface area contributed by atoms with Crippen LogP contribution in [0.4, 0.5) is 0 Å². The zero-order valence-corrected chi connectivity index (χ0v) is 17.9. The molecule has 0 spiro atoms. The lowest BCUT2D eigenvalue weighted by Gasteiger charge is -2.34. The van der Waals surface area contributed by atoms with E-state index >= 15 is 0 Å². The van der Waals surface area contributed by atoms with Gasteiger partial charge in [-0.15, -0.1) is 0 Å². The minimum Gasteiger partial charge on any atom is -0.372 e. The van der Waals surface area contributed by atoms with Gasteiger partial charge < -0.3 is 5.32 Å². The number of amides is 2. The van der Waals surface area contributed by atoms with E-state index in [0.29, 0.717) is 16.2 Å². The molecular weight excluding hydrogens is 410 g/mol. The van der Waals surface area contributed by atoms with Gasteiger partial charge in [0.15, 0.2) is 0 Å². The number of carbonyl (C=O) groups excluding carboxylic acids is 2. The van der Waals surface area contributed by atoms with Crippen LogP contribution in [-0.2, 0) is 0 Å². The summed E-state index contributed by atoms with van der Waals surface area (Å²) in [4.78, 5) is 32.0. The van der Waals surface area contributed by atoms with E-state index in [2.05, 4.69) is 10.3 Å². The fraction of sp³-hybridized carbons (Fsp3) is 0.160. The normalized spacial score (nSPS) is 20.7. The number of nitrogens with zero attached hydrogens (tertiary/aromatic N) is 2. The Balaban J connectivity index is 1.65. The number of nitrogens with one attached hydrogen (secondary N) is 1. The van der Waals surface area contributed by atoms with Crippen LogP contribution in [0.3, 0.4) is 0 Å². The largest absolute Gasteiger partial charge is 0.372 e. The summed E-state index contributed by atoms with van der Waals surface area (Å²) in [6.07, 6.45) is 9.53. The van der Waals surface area contributed by atoms with Crippen molar-refractivity contribution in [1.29, 1.82) is 0 Å². The summed E-state index contributed by atoms with van der Waals surface area (Å²) in [6, 6.07) is 10.1. The Kier molecular flexibility index (Phi) is 4.63. The molecule has 2 aromatic rings. The first-order valence-electron chi connectivity index (χ1n) is 10.1. The Labute approximate surface area is 185 Å². The number of hydrogen-bond acceptors (Lipinski definition) is 4. The number of halogens is 1. The predicted molar refractivity (Wildman–Crippen MR) is 120 cm³/mol. The number of carbonyl (C=O) groups is 2. The lowest BCUT2D eigenvalue weighted by molar-refractivity contribution is 0.0620. The number of imide groups is 1. The summed E-state index contributed by atoms with van der Waals surface area (Å²) in [5.41, 5.74) is 5.29. The summed E-state index contributed by atoms with van der Waals surface area (Å²) in [6.45, 7) is 3.82. The molecule has 3 heterocycles. The lowest BCUT2D eigenvalue weighted by atomic mass is 9.88. The van der Waals surface area contributed by atoms with Crippen molar-refractivity contribution in [3.63, 3.8) is 0 Å². The third kappa shape index (κ3) is 3.04. The number of fused-ring (bicyclic) bond motifs is 2. The van der Waals surface area contributed by atoms with Crippen LogP contribution in [-0.4, -0.2) is 33.8 Å². The summed E-state index contributed by atoms with van der Waals surface area (Å²) < 4.78 is 0. The number of dihydropyridines is 1. The summed E-state index contributed by atoms with van der Waals surface area (Å²) in [5.74, 6) is -0.555. The quantitative estimate of drug-likeness (QED) is 0.735. The molecule has 5 rings (SSSR count). The smallest absolute Gasteiger partial charge is 0.262 e. The maximum atomic E-state index is 13.1. The molecule has 0 saturated heterocycles. The fourth-order valence-electron chi connectivity index (χ4n) is 4.38. The molecule has 2 unspecified atom stereocenters. The number of hydrogen-bond donors (Lipinski definition) is 1. The highest BCUT2D eigenvalue weighted by atomic mass is 35.5. The maximum absolute atomic E-state index is 13.1. The minimum absolute atomic E-state index is 0.181. The minimum atomic E-state index is -0.485. The molecule has 154 valence electrons. The Hall–Kier alpha value is -3.44. The first kappa shape index (κ1) is 19.5. The van der Waals surface area contributed by atoms with Crippen molar-refractivity contribution in [2.24, 2.45) is 0 Å². The second-order valence-corrected chi connectivity index (χ2v) is 8.24. The number of benzene rings is 1. The highest BCUT2D eigenvalue weighted by Gasteiger charge is 2.41. The number of rotatable bonds is 3. The molecule has 0 bridgehead atoms. The second-order valence-electron chi connectivity index (χ2n) is 7.80. The van der Waals surface area contributed by atoms with E-state index in [9.17, 15) is 9.59 Å². The number of aryl methyl sites for hydroxylation is 1. The average Bonchev–Trinajstić information content (AvgIpc) is 3.04. The van der Waals surface area contributed by atoms with Gasteiger partial charge >= 0.3 is 0 Å². The standard InChI is InChI=1S/C25H20ClN3O2/c1-14-17(10-6-12-27-14)23-20(13-16-7-5-11-21(26)22(16)28-23)15(2)29-24(30)18-8-3-4-9-19(18)25(29)31/h3-13,15,22,28H,1-2H3. The van der Waals surface area contributed by atoms with E-state index in [4.69, 9.17) is 11.6 Å². The molecule has 0 radical (unpaired) electrons. The van der Waals surface area contributed by atoms with Crippen molar-refractivity contribution < 1.29 is 9.59 Å². The van der Waals surface area contributed by atoms with Crippen LogP contribution in [0.2, 0.25) is 0 Å². The van der Waals surface area contributed by atoms with Gasteiger partial charge in [-0.05, 0) is 61.4 Å². The van der Waals surface area contributed by atoms with Crippen molar-refractivity contribution in [1.82, 2.24) is 15.2 Å². The predicted octanol–water partition coefficient (Wildman–Crippen LogP) is 4.38. The molecule has 1 N–H and O–H groups in total. The Morgan fingerprint density at radius 1 is 1.06 bits per heavy atom. The summed E-state index contributed by atoms with van der Waals surface area (Å²) >= 11 is 6.49. The van der Waals surface area contributed by atoms with Crippen LogP contribution >= 0.6 is 11.6 Å². The van der Waals surface area contributed by atoms with Gasteiger partial charge in [0.25, 0.3) is 11.8 Å². The third-order valence-electron chi connectivity index (χ3n) is 5.99. The van der Waals surface area contributed by atoms with Crippen molar-refractivity contribution in [2.45, 2.75) is 25.9 Å². The van der Waals surface area contributed by atoms with Crippen LogP contribution in [0.25, 0.3) is 5.70 Å². The van der Waals surface area contributed by atoms with Gasteiger partial charge in [-0.3, -0.25) is 19.5 Å². The summed E-state index contributed by atoms with van der Waals surface area (Å²) in [7, 11) is 0. The van der Waals surface area contributed by atoms with E-state index < -0.39 is 6.04 Å². The number of pyridine rings is 1. The highest BCUT2D eigenvalue weighted by Crippen LogP contribution is 2.36. The Bertz CT molecular complexity index is 1220. The van der Waals surface area contributed by atoms with Gasteiger partial charge in [0.05, 0.1) is 23.2 Å². The van der Waals surface area contributed by atoms with Crippen molar-refractivity contribution in [3.8, 4) is 0 Å². The first-order valence-corrected chi connectivity index (χ1v) is 10.5. The molecule has 1 aromatic carbocycles. The third-order valence-corrected chi connectivity index (χ3v) is 6.34. The lowest BCUT2D eigenvalue weighted by Crippen LogP contribution is -2.43.